The summed E-state index contributed by atoms with van der Waals surface area (Å²) in [6.45, 7) is 3.95. The van der Waals surface area contributed by atoms with Crippen molar-refractivity contribution in [2.75, 3.05) is 25.3 Å². The first-order chi connectivity index (χ1) is 16.4. The van der Waals surface area contributed by atoms with Gasteiger partial charge in [0.1, 0.15) is 0 Å². The van der Waals surface area contributed by atoms with Gasteiger partial charge in [-0.15, -0.1) is 0 Å². The number of aromatic nitrogens is 4. The molecule has 2 aromatic carbocycles. The van der Waals surface area contributed by atoms with Gasteiger partial charge < -0.3 is 9.47 Å². The molecule has 0 bridgehead atoms. The number of benzene rings is 2. The third-order valence-corrected chi connectivity index (χ3v) is 6.18. The van der Waals surface area contributed by atoms with Crippen molar-refractivity contribution >= 4 is 34.5 Å². The number of nitrogens with zero attached hydrogens (tertiary/aromatic N) is 4. The van der Waals surface area contributed by atoms with E-state index in [4.69, 9.17) is 14.5 Å². The van der Waals surface area contributed by atoms with Gasteiger partial charge in [0.05, 0.1) is 42.6 Å². The van der Waals surface area contributed by atoms with E-state index in [0.717, 1.165) is 28.6 Å². The number of aryl methyl sites for hydroxylation is 1. The van der Waals surface area contributed by atoms with Gasteiger partial charge in [0.25, 0.3) is 5.56 Å². The predicted molar refractivity (Wildman–Crippen MR) is 131 cm³/mol. The van der Waals surface area contributed by atoms with Gasteiger partial charge in [-0.1, -0.05) is 36.0 Å². The van der Waals surface area contributed by atoms with Crippen LogP contribution >= 0.6 is 11.8 Å². The summed E-state index contributed by atoms with van der Waals surface area (Å²) in [6.07, 6.45) is 0. The minimum atomic E-state index is -0.366. The molecule has 0 aliphatic carbocycles. The summed E-state index contributed by atoms with van der Waals surface area (Å²) in [6, 6.07) is 14.4. The molecule has 2 heterocycles. The van der Waals surface area contributed by atoms with Crippen LogP contribution < -0.4 is 20.3 Å². The standard InChI is InChI=1S/C24H23N5O4S/c1-14-8-7-11-18(15(14)2)29-22(31)16-9-5-6-10-17(16)25-24(29)34-13-19(30)26-23-27-20(32-3)12-21(28-23)33-4/h5-12H,13H2,1-4H3,(H,26,27,28,30). The fourth-order valence-corrected chi connectivity index (χ4v) is 4.16. The Morgan fingerprint density at radius 3 is 2.41 bits per heavy atom. The van der Waals surface area contributed by atoms with Crippen LogP contribution in [-0.4, -0.2) is 45.4 Å². The van der Waals surface area contributed by atoms with Crippen molar-refractivity contribution in [1.82, 2.24) is 19.5 Å². The Bertz CT molecular complexity index is 1410. The van der Waals surface area contributed by atoms with E-state index >= 15 is 0 Å². The minimum absolute atomic E-state index is 0.0153. The Morgan fingerprint density at radius 2 is 1.71 bits per heavy atom. The van der Waals surface area contributed by atoms with Gasteiger partial charge in [0.15, 0.2) is 5.16 Å². The molecule has 1 amide bonds. The SMILES string of the molecule is COc1cc(OC)nc(NC(=O)CSc2nc3ccccc3c(=O)n2-c2cccc(C)c2C)n1. The first-order valence-corrected chi connectivity index (χ1v) is 11.4. The van der Waals surface area contributed by atoms with Crippen LogP contribution in [0.1, 0.15) is 11.1 Å². The van der Waals surface area contributed by atoms with Crippen LogP contribution in [0.4, 0.5) is 5.95 Å². The van der Waals surface area contributed by atoms with Gasteiger partial charge in [0, 0.05) is 0 Å². The van der Waals surface area contributed by atoms with Gasteiger partial charge in [-0.25, -0.2) is 4.98 Å². The van der Waals surface area contributed by atoms with Crippen molar-refractivity contribution in [3.63, 3.8) is 0 Å². The number of hydrogen-bond donors (Lipinski definition) is 1. The van der Waals surface area contributed by atoms with E-state index in [9.17, 15) is 9.59 Å². The summed E-state index contributed by atoms with van der Waals surface area (Å²) in [5.74, 6) is 0.193. The molecule has 0 aliphatic rings. The van der Waals surface area contributed by atoms with Gasteiger partial charge >= 0.3 is 0 Å². The molecule has 0 unspecified atom stereocenters. The highest BCUT2D eigenvalue weighted by Gasteiger charge is 2.17. The number of methoxy groups -OCH3 is 2. The number of carbonyl (C=O) groups is 1. The highest BCUT2D eigenvalue weighted by atomic mass is 32.2. The Labute approximate surface area is 200 Å². The van der Waals surface area contributed by atoms with Crippen molar-refractivity contribution < 1.29 is 14.3 Å². The molecule has 34 heavy (non-hydrogen) atoms. The Hall–Kier alpha value is -3.92. The van der Waals surface area contributed by atoms with Crippen molar-refractivity contribution in [2.45, 2.75) is 19.0 Å². The molecule has 174 valence electrons. The van der Waals surface area contributed by atoms with E-state index in [1.165, 1.54) is 20.3 Å². The molecule has 0 aliphatic heterocycles. The van der Waals surface area contributed by atoms with E-state index in [1.807, 2.05) is 44.2 Å². The Kier molecular flexibility index (Phi) is 6.78. The quantitative estimate of drug-likeness (QED) is 0.318. The third kappa shape index (κ3) is 4.72. The molecule has 10 heteroatoms. The highest BCUT2D eigenvalue weighted by molar-refractivity contribution is 7.99. The number of carbonyl (C=O) groups excluding carboxylic acids is 1. The lowest BCUT2D eigenvalue weighted by atomic mass is 10.1. The molecule has 9 nitrogen and oxygen atoms in total. The summed E-state index contributed by atoms with van der Waals surface area (Å²) in [7, 11) is 2.92. The fourth-order valence-electron chi connectivity index (χ4n) is 3.36. The minimum Gasteiger partial charge on any atom is -0.481 e. The molecule has 0 saturated carbocycles. The zero-order chi connectivity index (χ0) is 24.2. The van der Waals surface area contributed by atoms with Crippen LogP contribution in [0.3, 0.4) is 0 Å². The monoisotopic (exact) mass is 477 g/mol. The molecule has 4 rings (SSSR count). The van der Waals surface area contributed by atoms with Crippen LogP contribution in [0.15, 0.2) is 58.5 Å². The van der Waals surface area contributed by atoms with Crippen LogP contribution in [0.2, 0.25) is 0 Å². The lowest BCUT2D eigenvalue weighted by Crippen LogP contribution is -2.24. The van der Waals surface area contributed by atoms with E-state index in [-0.39, 0.29) is 34.9 Å². The topological polar surface area (TPSA) is 108 Å². The van der Waals surface area contributed by atoms with Crippen molar-refractivity contribution in [1.29, 1.82) is 0 Å². The molecule has 0 spiro atoms. The normalized spacial score (nSPS) is 10.8. The van der Waals surface area contributed by atoms with Crippen LogP contribution in [0, 0.1) is 13.8 Å². The van der Waals surface area contributed by atoms with E-state index in [2.05, 4.69) is 15.3 Å². The highest BCUT2D eigenvalue weighted by Crippen LogP contribution is 2.25. The van der Waals surface area contributed by atoms with E-state index in [1.54, 1.807) is 16.7 Å². The first-order valence-electron chi connectivity index (χ1n) is 10.4. The molecule has 2 aromatic heterocycles. The maximum atomic E-state index is 13.5. The molecule has 1 N–H and O–H groups in total. The van der Waals surface area contributed by atoms with Gasteiger partial charge in [-0.2, -0.15) is 9.97 Å². The van der Waals surface area contributed by atoms with Crippen molar-refractivity contribution in [2.24, 2.45) is 0 Å². The van der Waals surface area contributed by atoms with Crippen LogP contribution in [0.5, 0.6) is 11.8 Å². The summed E-state index contributed by atoms with van der Waals surface area (Å²) >= 11 is 1.15. The van der Waals surface area contributed by atoms with Gasteiger partial charge in [0.2, 0.25) is 23.6 Å². The number of anilines is 1. The van der Waals surface area contributed by atoms with Gasteiger partial charge in [-0.3, -0.25) is 19.5 Å². The van der Waals surface area contributed by atoms with E-state index in [0.29, 0.717) is 16.1 Å². The number of amides is 1. The zero-order valence-corrected chi connectivity index (χ0v) is 20.0. The Morgan fingerprint density at radius 1 is 1.00 bits per heavy atom. The second-order valence-electron chi connectivity index (χ2n) is 7.38. The number of nitrogens with one attached hydrogen (secondary N) is 1. The number of rotatable bonds is 7. The smallest absolute Gasteiger partial charge is 0.266 e. The Balaban J connectivity index is 1.67. The second-order valence-corrected chi connectivity index (χ2v) is 8.33. The average Bonchev–Trinajstić information content (AvgIpc) is 2.84. The molecular weight excluding hydrogens is 454 g/mol. The molecular formula is C24H23N5O4S. The number of thioether (sulfide) groups is 1. The van der Waals surface area contributed by atoms with Crippen molar-refractivity contribution in [3.05, 3.63) is 70.0 Å². The molecule has 0 saturated heterocycles. The number of fused-ring (bicyclic) bond motifs is 1. The molecule has 0 radical (unpaired) electrons. The zero-order valence-electron chi connectivity index (χ0n) is 19.2. The van der Waals surface area contributed by atoms with E-state index < -0.39 is 0 Å². The summed E-state index contributed by atoms with van der Waals surface area (Å²) in [4.78, 5) is 39.1. The second kappa shape index (κ2) is 9.92. The molecule has 0 atom stereocenters. The maximum absolute atomic E-state index is 13.5. The summed E-state index contributed by atoms with van der Waals surface area (Å²) in [5, 5.41) is 3.56. The number of ether oxygens (including phenoxy) is 2. The fraction of sp³-hybridized carbons (Fsp3) is 0.208. The predicted octanol–water partition coefficient (Wildman–Crippen LogP) is 3.54. The van der Waals surface area contributed by atoms with Crippen LogP contribution in [-0.2, 0) is 4.79 Å². The first kappa shape index (κ1) is 23.2. The molecule has 4 aromatic rings. The van der Waals surface area contributed by atoms with Crippen molar-refractivity contribution in [3.8, 4) is 17.4 Å². The summed E-state index contributed by atoms with van der Waals surface area (Å²) in [5.41, 5.74) is 3.12. The summed E-state index contributed by atoms with van der Waals surface area (Å²) < 4.78 is 11.8. The van der Waals surface area contributed by atoms with Crippen LogP contribution in [0.25, 0.3) is 16.6 Å². The lowest BCUT2D eigenvalue weighted by Gasteiger charge is -2.16. The van der Waals surface area contributed by atoms with Gasteiger partial charge in [-0.05, 0) is 43.2 Å². The largest absolute Gasteiger partial charge is 0.481 e. The third-order valence-electron chi connectivity index (χ3n) is 5.24. The molecule has 0 fully saturated rings. The maximum Gasteiger partial charge on any atom is 0.266 e. The average molecular weight is 478 g/mol. The number of hydrogen-bond acceptors (Lipinski definition) is 8. The number of para-hydroxylation sites is 1. The lowest BCUT2D eigenvalue weighted by molar-refractivity contribution is -0.113.